The molecule has 1 unspecified atom stereocenters. The third kappa shape index (κ3) is 3.81. The molecule has 0 saturated heterocycles. The van der Waals surface area contributed by atoms with E-state index in [0.717, 1.165) is 6.07 Å². The number of methoxy groups -OCH3 is 1. The van der Waals surface area contributed by atoms with Crippen LogP contribution in [0.2, 0.25) is 0 Å². The van der Waals surface area contributed by atoms with E-state index in [1.54, 1.807) is 0 Å². The van der Waals surface area contributed by atoms with Gasteiger partial charge in [0.1, 0.15) is 11.6 Å². The number of ether oxygens (including phenoxy) is 1. The quantitative estimate of drug-likeness (QED) is 0.813. The number of halogens is 4. The Hall–Kier alpha value is -1.34. The molecule has 0 spiro atoms. The molecule has 1 atom stereocenters. The average molecular weight is 281 g/mol. The molecule has 1 aromatic rings. The molecule has 0 amide bonds. The minimum absolute atomic E-state index is 0.0752. The van der Waals surface area contributed by atoms with Gasteiger partial charge in [0, 0.05) is 0 Å². The van der Waals surface area contributed by atoms with Gasteiger partial charge in [-0.3, -0.25) is 5.32 Å². The van der Waals surface area contributed by atoms with Crippen LogP contribution >= 0.6 is 0 Å². The third-order valence-electron chi connectivity index (χ3n) is 2.74. The summed E-state index contributed by atoms with van der Waals surface area (Å²) >= 11 is 0. The van der Waals surface area contributed by atoms with Gasteiger partial charge in [-0.2, -0.15) is 13.2 Å². The molecule has 2 N–H and O–H groups in total. The van der Waals surface area contributed by atoms with Crippen molar-refractivity contribution in [2.45, 2.75) is 18.6 Å². The summed E-state index contributed by atoms with van der Waals surface area (Å²) in [4.78, 5) is 0. The summed E-state index contributed by atoms with van der Waals surface area (Å²) in [6.07, 6.45) is -4.46. The number of benzene rings is 1. The van der Waals surface area contributed by atoms with E-state index in [1.807, 2.05) is 0 Å². The third-order valence-corrected chi connectivity index (χ3v) is 2.74. The molecule has 19 heavy (non-hydrogen) atoms. The van der Waals surface area contributed by atoms with Crippen LogP contribution in [0.4, 0.5) is 17.6 Å². The number of aliphatic hydroxyl groups excluding tert-OH is 1. The number of nitrogens with one attached hydrogen (secondary N) is 1. The zero-order valence-corrected chi connectivity index (χ0v) is 10.5. The summed E-state index contributed by atoms with van der Waals surface area (Å²) in [5, 5.41) is 11.5. The monoisotopic (exact) mass is 281 g/mol. The summed E-state index contributed by atoms with van der Waals surface area (Å²) in [6, 6.07) is 3.89. The molecule has 0 saturated carbocycles. The van der Waals surface area contributed by atoms with Gasteiger partial charge in [0.05, 0.1) is 31.4 Å². The summed E-state index contributed by atoms with van der Waals surface area (Å²) in [5.41, 5.74) is -1.73. The molecule has 0 aromatic heterocycles. The zero-order chi connectivity index (χ0) is 14.7. The van der Waals surface area contributed by atoms with Gasteiger partial charge in [0.15, 0.2) is 0 Å². The standard InChI is InChI=1S/C12H15F4NO2/c1-11(7-18,17-6-12(14,15)16)10-8(13)4-3-5-9(10)19-2/h3-5,17-18H,6-7H2,1-2H3. The first-order chi connectivity index (χ1) is 8.73. The Morgan fingerprint density at radius 2 is 1.95 bits per heavy atom. The molecule has 1 rings (SSSR count). The van der Waals surface area contributed by atoms with Crippen molar-refractivity contribution in [3.63, 3.8) is 0 Å². The van der Waals surface area contributed by atoms with Crippen LogP contribution in [0.3, 0.4) is 0 Å². The van der Waals surface area contributed by atoms with Crippen LogP contribution in [-0.4, -0.2) is 31.5 Å². The van der Waals surface area contributed by atoms with E-state index in [9.17, 15) is 22.7 Å². The van der Waals surface area contributed by atoms with Gasteiger partial charge in [0.2, 0.25) is 0 Å². The first kappa shape index (κ1) is 15.7. The van der Waals surface area contributed by atoms with Crippen LogP contribution in [-0.2, 0) is 5.54 Å². The van der Waals surface area contributed by atoms with E-state index in [2.05, 4.69) is 5.32 Å². The maximum absolute atomic E-state index is 13.8. The SMILES string of the molecule is COc1cccc(F)c1C(C)(CO)NCC(F)(F)F. The number of rotatable bonds is 5. The van der Waals surface area contributed by atoms with Crippen LogP contribution in [0, 0.1) is 5.82 Å². The fourth-order valence-corrected chi connectivity index (χ4v) is 1.73. The molecule has 0 bridgehead atoms. The lowest BCUT2D eigenvalue weighted by Crippen LogP contribution is -2.47. The summed E-state index contributed by atoms with van der Waals surface area (Å²) < 4.78 is 55.5. The Labute approximate surface area is 108 Å². The topological polar surface area (TPSA) is 41.5 Å². The van der Waals surface area contributed by atoms with Crippen molar-refractivity contribution in [1.82, 2.24) is 5.32 Å². The molecule has 0 aliphatic rings. The minimum atomic E-state index is -4.46. The van der Waals surface area contributed by atoms with E-state index in [4.69, 9.17) is 4.74 Å². The first-order valence-electron chi connectivity index (χ1n) is 5.49. The Morgan fingerprint density at radius 1 is 1.32 bits per heavy atom. The van der Waals surface area contributed by atoms with E-state index < -0.39 is 30.7 Å². The predicted octanol–water partition coefficient (Wildman–Crippen LogP) is 2.19. The number of hydrogen-bond acceptors (Lipinski definition) is 3. The molecule has 3 nitrogen and oxygen atoms in total. The molecule has 0 radical (unpaired) electrons. The fraction of sp³-hybridized carbons (Fsp3) is 0.500. The Bertz CT molecular complexity index is 436. The molecule has 1 aromatic carbocycles. The number of aliphatic hydroxyl groups is 1. The highest BCUT2D eigenvalue weighted by atomic mass is 19.4. The maximum atomic E-state index is 13.8. The summed E-state index contributed by atoms with van der Waals surface area (Å²) in [7, 11) is 1.28. The van der Waals surface area contributed by atoms with Gasteiger partial charge >= 0.3 is 6.18 Å². The summed E-state index contributed by atoms with van der Waals surface area (Å²) in [5.74, 6) is -0.670. The molecule has 108 valence electrons. The van der Waals surface area contributed by atoms with Crippen LogP contribution < -0.4 is 10.1 Å². The summed E-state index contributed by atoms with van der Waals surface area (Å²) in [6.45, 7) is -0.776. The van der Waals surface area contributed by atoms with E-state index >= 15 is 0 Å². The second kappa shape index (κ2) is 5.75. The molecular formula is C12H15F4NO2. The Balaban J connectivity index is 3.14. The van der Waals surface area contributed by atoms with Crippen molar-refractivity contribution in [2.75, 3.05) is 20.3 Å². The normalized spacial score (nSPS) is 15.1. The lowest BCUT2D eigenvalue weighted by molar-refractivity contribution is -0.129. The Kier molecular flexibility index (Phi) is 4.75. The van der Waals surface area contributed by atoms with Gasteiger partial charge in [-0.15, -0.1) is 0 Å². The van der Waals surface area contributed by atoms with Gasteiger partial charge in [-0.1, -0.05) is 6.07 Å². The second-order valence-corrected chi connectivity index (χ2v) is 4.28. The van der Waals surface area contributed by atoms with Crippen molar-refractivity contribution >= 4 is 0 Å². The molecule has 0 fully saturated rings. The fourth-order valence-electron chi connectivity index (χ4n) is 1.73. The van der Waals surface area contributed by atoms with Crippen molar-refractivity contribution in [3.05, 3.63) is 29.6 Å². The van der Waals surface area contributed by atoms with Crippen LogP contribution in [0.1, 0.15) is 12.5 Å². The van der Waals surface area contributed by atoms with Crippen molar-refractivity contribution in [3.8, 4) is 5.75 Å². The van der Waals surface area contributed by atoms with Crippen LogP contribution in [0.25, 0.3) is 0 Å². The largest absolute Gasteiger partial charge is 0.496 e. The first-order valence-corrected chi connectivity index (χ1v) is 5.49. The molecule has 0 aliphatic heterocycles. The Morgan fingerprint density at radius 3 is 2.42 bits per heavy atom. The van der Waals surface area contributed by atoms with Gasteiger partial charge in [-0.25, -0.2) is 4.39 Å². The second-order valence-electron chi connectivity index (χ2n) is 4.28. The highest BCUT2D eigenvalue weighted by Gasteiger charge is 2.36. The van der Waals surface area contributed by atoms with E-state index in [0.29, 0.717) is 0 Å². The predicted molar refractivity (Wildman–Crippen MR) is 61.4 cm³/mol. The lowest BCUT2D eigenvalue weighted by Gasteiger charge is -2.31. The molecule has 0 heterocycles. The molecule has 7 heteroatoms. The average Bonchev–Trinajstić information content (AvgIpc) is 2.34. The van der Waals surface area contributed by atoms with E-state index in [-0.39, 0.29) is 11.3 Å². The van der Waals surface area contributed by atoms with E-state index in [1.165, 1.54) is 26.2 Å². The highest BCUT2D eigenvalue weighted by Crippen LogP contribution is 2.32. The smallest absolute Gasteiger partial charge is 0.401 e. The number of hydrogen-bond donors (Lipinski definition) is 2. The molecular weight excluding hydrogens is 266 g/mol. The van der Waals surface area contributed by atoms with Crippen LogP contribution in [0.5, 0.6) is 5.75 Å². The zero-order valence-electron chi connectivity index (χ0n) is 10.5. The van der Waals surface area contributed by atoms with Crippen LogP contribution in [0.15, 0.2) is 18.2 Å². The van der Waals surface area contributed by atoms with Crippen molar-refractivity contribution in [2.24, 2.45) is 0 Å². The number of alkyl halides is 3. The maximum Gasteiger partial charge on any atom is 0.401 e. The van der Waals surface area contributed by atoms with Gasteiger partial charge < -0.3 is 9.84 Å². The highest BCUT2D eigenvalue weighted by molar-refractivity contribution is 5.40. The van der Waals surface area contributed by atoms with Gasteiger partial charge in [0.25, 0.3) is 0 Å². The minimum Gasteiger partial charge on any atom is -0.496 e. The van der Waals surface area contributed by atoms with Gasteiger partial charge in [-0.05, 0) is 19.1 Å². The van der Waals surface area contributed by atoms with Crippen molar-refractivity contribution < 1.29 is 27.4 Å². The lowest BCUT2D eigenvalue weighted by atomic mass is 9.91. The van der Waals surface area contributed by atoms with Crippen molar-refractivity contribution in [1.29, 1.82) is 0 Å². The molecule has 0 aliphatic carbocycles.